The van der Waals surface area contributed by atoms with Crippen LogP contribution in [0.25, 0.3) is 6.08 Å². The third kappa shape index (κ3) is 6.56. The predicted molar refractivity (Wildman–Crippen MR) is 121 cm³/mol. The van der Waals surface area contributed by atoms with Crippen LogP contribution in [-0.4, -0.2) is 27.4 Å². The van der Waals surface area contributed by atoms with Crippen LogP contribution in [0, 0.1) is 0 Å². The standard InChI is InChI=1S/C22H22N4O5S/c1-23-22(28)26-18-9-7-17(8-10-18)25-21(27)13-6-16-4-11-20(12-5-16)32(29,30)24-15-19-3-2-14-31-19/h2-14,24H,15H2,1H3,(H,25,27)(H2,23,26,28)/b13-6+. The second-order valence-corrected chi connectivity index (χ2v) is 8.34. The van der Waals surface area contributed by atoms with Crippen molar-refractivity contribution in [2.75, 3.05) is 17.7 Å². The van der Waals surface area contributed by atoms with E-state index < -0.39 is 10.0 Å². The van der Waals surface area contributed by atoms with Gasteiger partial charge in [-0.3, -0.25) is 4.79 Å². The van der Waals surface area contributed by atoms with E-state index in [0.29, 0.717) is 22.7 Å². The zero-order chi connectivity index (χ0) is 23.0. The first-order valence-electron chi connectivity index (χ1n) is 9.56. The predicted octanol–water partition coefficient (Wildman–Crippen LogP) is 3.16. The first-order chi connectivity index (χ1) is 15.4. The number of carbonyl (C=O) groups excluding carboxylic acids is 2. The second kappa shape index (κ2) is 10.4. The van der Waals surface area contributed by atoms with Gasteiger partial charge in [-0.15, -0.1) is 0 Å². The highest BCUT2D eigenvalue weighted by atomic mass is 32.2. The fraction of sp³-hybridized carbons (Fsp3) is 0.0909. The van der Waals surface area contributed by atoms with Crippen LogP contribution in [0.5, 0.6) is 0 Å². The van der Waals surface area contributed by atoms with E-state index in [-0.39, 0.29) is 23.4 Å². The van der Waals surface area contributed by atoms with Crippen molar-refractivity contribution < 1.29 is 22.4 Å². The van der Waals surface area contributed by atoms with Crippen LogP contribution in [-0.2, 0) is 21.4 Å². The van der Waals surface area contributed by atoms with Gasteiger partial charge in [-0.1, -0.05) is 12.1 Å². The van der Waals surface area contributed by atoms with E-state index in [1.165, 1.54) is 31.5 Å². The van der Waals surface area contributed by atoms with Gasteiger partial charge in [-0.05, 0) is 60.2 Å². The maximum absolute atomic E-state index is 12.3. The summed E-state index contributed by atoms with van der Waals surface area (Å²) in [6.45, 7) is 0.0556. The number of hydrogen-bond acceptors (Lipinski definition) is 5. The van der Waals surface area contributed by atoms with Crippen LogP contribution < -0.4 is 20.7 Å². The van der Waals surface area contributed by atoms with Gasteiger partial charge in [-0.25, -0.2) is 17.9 Å². The van der Waals surface area contributed by atoms with Crippen LogP contribution in [0.3, 0.4) is 0 Å². The maximum atomic E-state index is 12.3. The Morgan fingerprint density at radius 3 is 2.19 bits per heavy atom. The quantitative estimate of drug-likeness (QED) is 0.389. The molecule has 166 valence electrons. The van der Waals surface area contributed by atoms with Crippen LogP contribution in [0.4, 0.5) is 16.2 Å². The molecule has 3 rings (SSSR count). The second-order valence-electron chi connectivity index (χ2n) is 6.58. The van der Waals surface area contributed by atoms with Crippen molar-refractivity contribution in [2.24, 2.45) is 0 Å². The molecule has 10 heteroatoms. The number of anilines is 2. The zero-order valence-electron chi connectivity index (χ0n) is 17.2. The van der Waals surface area contributed by atoms with E-state index in [4.69, 9.17) is 4.42 Å². The highest BCUT2D eigenvalue weighted by Gasteiger charge is 2.14. The normalized spacial score (nSPS) is 11.3. The molecular weight excluding hydrogens is 432 g/mol. The van der Waals surface area contributed by atoms with E-state index in [2.05, 4.69) is 20.7 Å². The minimum Gasteiger partial charge on any atom is -0.468 e. The maximum Gasteiger partial charge on any atom is 0.318 e. The minimum absolute atomic E-state index is 0.0556. The molecule has 0 fully saturated rings. The van der Waals surface area contributed by atoms with Crippen molar-refractivity contribution in [2.45, 2.75) is 11.4 Å². The van der Waals surface area contributed by atoms with Gasteiger partial charge >= 0.3 is 6.03 Å². The molecule has 0 aliphatic rings. The summed E-state index contributed by atoms with van der Waals surface area (Å²) < 4.78 is 32.3. The number of sulfonamides is 1. The number of urea groups is 1. The summed E-state index contributed by atoms with van der Waals surface area (Å²) in [6.07, 6.45) is 4.39. The molecule has 9 nitrogen and oxygen atoms in total. The number of hydrogen-bond donors (Lipinski definition) is 4. The number of carbonyl (C=O) groups is 2. The number of nitrogens with one attached hydrogen (secondary N) is 4. The summed E-state index contributed by atoms with van der Waals surface area (Å²) in [4.78, 5) is 23.5. The van der Waals surface area contributed by atoms with Gasteiger partial charge in [0.1, 0.15) is 5.76 Å². The molecule has 3 aromatic rings. The van der Waals surface area contributed by atoms with Crippen molar-refractivity contribution in [3.63, 3.8) is 0 Å². The number of amides is 3. The van der Waals surface area contributed by atoms with Gasteiger partial charge < -0.3 is 20.4 Å². The Morgan fingerprint density at radius 2 is 1.59 bits per heavy atom. The molecule has 0 saturated carbocycles. The van der Waals surface area contributed by atoms with Gasteiger partial charge in [0.25, 0.3) is 0 Å². The minimum atomic E-state index is -3.68. The molecule has 0 atom stereocenters. The zero-order valence-corrected chi connectivity index (χ0v) is 18.0. The number of benzene rings is 2. The van der Waals surface area contributed by atoms with Gasteiger partial charge in [0.15, 0.2) is 0 Å². The Labute approximate surface area is 185 Å². The van der Waals surface area contributed by atoms with Crippen molar-refractivity contribution in [3.8, 4) is 0 Å². The topological polar surface area (TPSA) is 130 Å². The smallest absolute Gasteiger partial charge is 0.318 e. The third-order valence-corrected chi connectivity index (χ3v) is 5.69. The molecule has 1 aromatic heterocycles. The Balaban J connectivity index is 1.54. The van der Waals surface area contributed by atoms with Crippen molar-refractivity contribution in [3.05, 3.63) is 84.3 Å². The molecule has 0 unspecified atom stereocenters. The number of furan rings is 1. The molecule has 0 radical (unpaired) electrons. The molecule has 3 amide bonds. The lowest BCUT2D eigenvalue weighted by Gasteiger charge is -2.06. The summed E-state index contributed by atoms with van der Waals surface area (Å²) in [5.41, 5.74) is 1.81. The van der Waals surface area contributed by atoms with Crippen molar-refractivity contribution in [1.82, 2.24) is 10.0 Å². The monoisotopic (exact) mass is 454 g/mol. The molecule has 4 N–H and O–H groups in total. The molecule has 0 aliphatic carbocycles. The van der Waals surface area contributed by atoms with Gasteiger partial charge in [0, 0.05) is 24.5 Å². The molecule has 1 heterocycles. The van der Waals surface area contributed by atoms with Crippen LogP contribution >= 0.6 is 0 Å². The lowest BCUT2D eigenvalue weighted by atomic mass is 10.2. The first-order valence-corrected chi connectivity index (χ1v) is 11.0. The Bertz CT molecular complexity index is 1190. The molecule has 0 saturated heterocycles. The summed E-state index contributed by atoms with van der Waals surface area (Å²) in [7, 11) is -2.17. The largest absolute Gasteiger partial charge is 0.468 e. The average Bonchev–Trinajstić information content (AvgIpc) is 3.32. The fourth-order valence-corrected chi connectivity index (χ4v) is 3.60. The van der Waals surface area contributed by atoms with Gasteiger partial charge in [-0.2, -0.15) is 0 Å². The van der Waals surface area contributed by atoms with Crippen LogP contribution in [0.1, 0.15) is 11.3 Å². The van der Waals surface area contributed by atoms with Crippen molar-refractivity contribution in [1.29, 1.82) is 0 Å². The van der Waals surface area contributed by atoms with Crippen molar-refractivity contribution >= 4 is 39.4 Å². The first kappa shape index (κ1) is 22.8. The summed E-state index contributed by atoms with van der Waals surface area (Å²) >= 11 is 0. The Kier molecular flexibility index (Phi) is 7.42. The summed E-state index contributed by atoms with van der Waals surface area (Å²) in [5, 5.41) is 7.77. The average molecular weight is 455 g/mol. The molecule has 0 aliphatic heterocycles. The molecular formula is C22H22N4O5S. The van der Waals surface area contributed by atoms with Gasteiger partial charge in [0.2, 0.25) is 15.9 Å². The van der Waals surface area contributed by atoms with E-state index in [9.17, 15) is 18.0 Å². The van der Waals surface area contributed by atoms with Crippen LogP contribution in [0.15, 0.2) is 82.3 Å². The van der Waals surface area contributed by atoms with E-state index in [1.807, 2.05) is 0 Å². The Hall–Kier alpha value is -3.89. The lowest BCUT2D eigenvalue weighted by Crippen LogP contribution is -2.24. The molecule has 32 heavy (non-hydrogen) atoms. The Morgan fingerprint density at radius 1 is 0.938 bits per heavy atom. The summed E-state index contributed by atoms with van der Waals surface area (Å²) in [5.74, 6) is 0.158. The number of rotatable bonds is 8. The highest BCUT2D eigenvalue weighted by molar-refractivity contribution is 7.89. The molecule has 2 aromatic carbocycles. The van der Waals surface area contributed by atoms with E-state index >= 15 is 0 Å². The third-order valence-electron chi connectivity index (χ3n) is 4.27. The van der Waals surface area contributed by atoms with Gasteiger partial charge in [0.05, 0.1) is 17.7 Å². The van der Waals surface area contributed by atoms with Crippen LogP contribution in [0.2, 0.25) is 0 Å². The highest BCUT2D eigenvalue weighted by Crippen LogP contribution is 2.15. The van der Waals surface area contributed by atoms with E-state index in [1.54, 1.807) is 54.6 Å². The van der Waals surface area contributed by atoms with E-state index in [0.717, 1.165) is 0 Å². The molecule has 0 spiro atoms. The molecule has 0 bridgehead atoms. The summed E-state index contributed by atoms with van der Waals surface area (Å²) in [6, 6.07) is 15.8. The SMILES string of the molecule is CNC(=O)Nc1ccc(NC(=O)/C=C/c2ccc(S(=O)(=O)NCc3ccco3)cc2)cc1. The fourth-order valence-electron chi connectivity index (χ4n) is 2.61. The lowest BCUT2D eigenvalue weighted by molar-refractivity contribution is -0.111.